The van der Waals surface area contributed by atoms with Crippen molar-refractivity contribution in [2.24, 2.45) is 7.05 Å². The van der Waals surface area contributed by atoms with E-state index in [0.29, 0.717) is 0 Å². The van der Waals surface area contributed by atoms with E-state index in [0.717, 1.165) is 5.92 Å². The van der Waals surface area contributed by atoms with Crippen LogP contribution in [0.2, 0.25) is 0 Å². The molecule has 0 aliphatic carbocycles. The van der Waals surface area contributed by atoms with Crippen molar-refractivity contribution in [1.29, 1.82) is 0 Å². The van der Waals surface area contributed by atoms with Crippen LogP contribution < -0.4 is 0 Å². The number of nitrogens with zero attached hydrogens (tertiary/aromatic N) is 2. The third-order valence-electron chi connectivity index (χ3n) is 4.83. The smallest absolute Gasteiger partial charge is 0.0482 e. The van der Waals surface area contributed by atoms with Gasteiger partial charge in [0.2, 0.25) is 0 Å². The zero-order valence-electron chi connectivity index (χ0n) is 11.0. The van der Waals surface area contributed by atoms with Gasteiger partial charge in [-0.05, 0) is 37.4 Å². The Hall–Kier alpha value is -1.28. The molecule has 0 amide bonds. The third-order valence-corrected chi connectivity index (χ3v) is 4.83. The minimum atomic E-state index is 0.758. The normalized spacial score (nSPS) is 26.9. The van der Waals surface area contributed by atoms with Gasteiger partial charge in [0.25, 0.3) is 0 Å². The summed E-state index contributed by atoms with van der Waals surface area (Å²) in [6, 6.07) is 8.91. The van der Waals surface area contributed by atoms with Crippen molar-refractivity contribution in [2.75, 3.05) is 19.6 Å². The summed E-state index contributed by atoms with van der Waals surface area (Å²) in [5.74, 6) is 0.758. The van der Waals surface area contributed by atoms with Crippen LogP contribution in [0.25, 0.3) is 10.9 Å². The molecule has 3 heterocycles. The Morgan fingerprint density at radius 2 is 2.06 bits per heavy atom. The van der Waals surface area contributed by atoms with Gasteiger partial charge in [-0.25, -0.2) is 0 Å². The number of rotatable bonds is 0. The molecule has 2 atom stereocenters. The second kappa shape index (κ2) is 3.86. The summed E-state index contributed by atoms with van der Waals surface area (Å²) < 4.78 is 2.46. The molecule has 2 aromatic rings. The third kappa shape index (κ3) is 1.39. The standard InChI is InChI=1S/C16H20N2/c1-17-15-7-3-2-6-13(15)14-8-10-18-9-4-5-12(11-18)16(14)17/h2-3,6-7,12H,4-5,8-11H2,1H3. The lowest BCUT2D eigenvalue weighted by molar-refractivity contribution is 0.216. The lowest BCUT2D eigenvalue weighted by atomic mass is 9.93. The average Bonchev–Trinajstić information content (AvgIpc) is 2.62. The largest absolute Gasteiger partial charge is 0.347 e. The SMILES string of the molecule is Cn1c2c(c3ccccc31)CCN1CCCC2C1. The molecule has 1 aromatic heterocycles. The van der Waals surface area contributed by atoms with Gasteiger partial charge in [0.15, 0.2) is 0 Å². The molecule has 0 saturated carbocycles. The van der Waals surface area contributed by atoms with Crippen LogP contribution >= 0.6 is 0 Å². The number of benzene rings is 1. The maximum Gasteiger partial charge on any atom is 0.0482 e. The van der Waals surface area contributed by atoms with E-state index < -0.39 is 0 Å². The first-order valence-electron chi connectivity index (χ1n) is 7.13. The Labute approximate surface area is 108 Å². The average molecular weight is 240 g/mol. The minimum Gasteiger partial charge on any atom is -0.347 e. The van der Waals surface area contributed by atoms with Gasteiger partial charge >= 0.3 is 0 Å². The highest BCUT2D eigenvalue weighted by Gasteiger charge is 2.30. The van der Waals surface area contributed by atoms with Gasteiger partial charge in [-0.1, -0.05) is 18.2 Å². The summed E-state index contributed by atoms with van der Waals surface area (Å²) in [7, 11) is 2.26. The highest BCUT2D eigenvalue weighted by Crippen LogP contribution is 2.37. The van der Waals surface area contributed by atoms with Crippen molar-refractivity contribution >= 4 is 10.9 Å². The van der Waals surface area contributed by atoms with Crippen LogP contribution in [-0.4, -0.2) is 29.1 Å². The Bertz CT molecular complexity index is 596. The van der Waals surface area contributed by atoms with E-state index >= 15 is 0 Å². The van der Waals surface area contributed by atoms with Gasteiger partial charge in [0, 0.05) is 42.7 Å². The molecule has 2 aliphatic heterocycles. The molecular formula is C16H20N2. The van der Waals surface area contributed by atoms with E-state index in [9.17, 15) is 0 Å². The molecule has 2 bridgehead atoms. The van der Waals surface area contributed by atoms with Gasteiger partial charge in [-0.2, -0.15) is 0 Å². The molecule has 0 radical (unpaired) electrons. The summed E-state index contributed by atoms with van der Waals surface area (Å²) in [4.78, 5) is 2.66. The van der Waals surface area contributed by atoms with Crippen LogP contribution in [0.1, 0.15) is 30.0 Å². The predicted octanol–water partition coefficient (Wildman–Crippen LogP) is 2.91. The molecule has 18 heavy (non-hydrogen) atoms. The fourth-order valence-electron chi connectivity index (χ4n) is 4.03. The van der Waals surface area contributed by atoms with E-state index in [-0.39, 0.29) is 0 Å². The van der Waals surface area contributed by atoms with Crippen molar-refractivity contribution in [1.82, 2.24) is 9.47 Å². The van der Waals surface area contributed by atoms with Crippen molar-refractivity contribution in [3.05, 3.63) is 35.5 Å². The Balaban J connectivity index is 1.98. The van der Waals surface area contributed by atoms with Crippen molar-refractivity contribution in [3.63, 3.8) is 0 Å². The number of hydrogen-bond donors (Lipinski definition) is 0. The maximum atomic E-state index is 2.66. The van der Waals surface area contributed by atoms with E-state index in [1.165, 1.54) is 49.8 Å². The predicted molar refractivity (Wildman–Crippen MR) is 75.0 cm³/mol. The first kappa shape index (κ1) is 10.6. The first-order valence-corrected chi connectivity index (χ1v) is 7.13. The van der Waals surface area contributed by atoms with Crippen molar-refractivity contribution in [3.8, 4) is 0 Å². The van der Waals surface area contributed by atoms with E-state index in [4.69, 9.17) is 0 Å². The van der Waals surface area contributed by atoms with Gasteiger partial charge in [-0.3, -0.25) is 0 Å². The number of para-hydroxylation sites is 1. The number of fused-ring (bicyclic) bond motifs is 6. The topological polar surface area (TPSA) is 8.17 Å². The lowest BCUT2D eigenvalue weighted by Crippen LogP contribution is -2.34. The highest BCUT2D eigenvalue weighted by atomic mass is 15.1. The number of hydrogen-bond acceptors (Lipinski definition) is 1. The maximum absolute atomic E-state index is 2.66. The molecule has 1 fully saturated rings. The Morgan fingerprint density at radius 3 is 3.00 bits per heavy atom. The van der Waals surface area contributed by atoms with Gasteiger partial charge < -0.3 is 9.47 Å². The molecule has 2 nitrogen and oxygen atoms in total. The van der Waals surface area contributed by atoms with Crippen LogP contribution in [-0.2, 0) is 13.5 Å². The van der Waals surface area contributed by atoms with E-state index in [1.807, 2.05) is 0 Å². The zero-order chi connectivity index (χ0) is 12.1. The van der Waals surface area contributed by atoms with Crippen LogP contribution in [0.5, 0.6) is 0 Å². The molecule has 4 rings (SSSR count). The quantitative estimate of drug-likeness (QED) is 0.687. The fourth-order valence-corrected chi connectivity index (χ4v) is 4.03. The van der Waals surface area contributed by atoms with Gasteiger partial charge in [0.1, 0.15) is 0 Å². The molecule has 1 aromatic carbocycles. The summed E-state index contributed by atoms with van der Waals surface area (Å²) in [6.45, 7) is 3.83. The summed E-state index contributed by atoms with van der Waals surface area (Å²) in [6.07, 6.45) is 3.96. The minimum absolute atomic E-state index is 0.758. The number of piperidine rings is 1. The zero-order valence-corrected chi connectivity index (χ0v) is 11.0. The lowest BCUT2D eigenvalue weighted by Gasteiger charge is -2.30. The number of aromatic nitrogens is 1. The van der Waals surface area contributed by atoms with Crippen molar-refractivity contribution < 1.29 is 0 Å². The summed E-state index contributed by atoms with van der Waals surface area (Å²) in [5, 5.41) is 1.49. The van der Waals surface area contributed by atoms with Crippen LogP contribution in [0.4, 0.5) is 0 Å². The molecule has 94 valence electrons. The van der Waals surface area contributed by atoms with Crippen LogP contribution in [0.3, 0.4) is 0 Å². The highest BCUT2D eigenvalue weighted by molar-refractivity contribution is 5.86. The van der Waals surface area contributed by atoms with E-state index in [1.54, 1.807) is 11.3 Å². The summed E-state index contributed by atoms with van der Waals surface area (Å²) >= 11 is 0. The molecule has 2 heteroatoms. The Morgan fingerprint density at radius 1 is 1.17 bits per heavy atom. The van der Waals surface area contributed by atoms with Gasteiger partial charge in [-0.15, -0.1) is 0 Å². The second-order valence-corrected chi connectivity index (χ2v) is 5.83. The van der Waals surface area contributed by atoms with Gasteiger partial charge in [0.05, 0.1) is 0 Å². The number of aryl methyl sites for hydroxylation is 1. The Kier molecular flexibility index (Phi) is 2.28. The molecular weight excluding hydrogens is 220 g/mol. The monoisotopic (exact) mass is 240 g/mol. The van der Waals surface area contributed by atoms with Crippen LogP contribution in [0.15, 0.2) is 24.3 Å². The molecule has 2 aliphatic rings. The molecule has 2 unspecified atom stereocenters. The first-order chi connectivity index (χ1) is 8.84. The fraction of sp³-hybridized carbons (Fsp3) is 0.500. The van der Waals surface area contributed by atoms with E-state index in [2.05, 4.69) is 40.8 Å². The molecule has 0 N–H and O–H groups in total. The second-order valence-electron chi connectivity index (χ2n) is 5.83. The summed E-state index contributed by atoms with van der Waals surface area (Å²) in [5.41, 5.74) is 4.67. The van der Waals surface area contributed by atoms with Crippen molar-refractivity contribution in [2.45, 2.75) is 25.2 Å². The molecule has 0 spiro atoms. The molecule has 1 saturated heterocycles. The van der Waals surface area contributed by atoms with Crippen LogP contribution in [0, 0.1) is 0 Å².